The van der Waals surface area contributed by atoms with Gasteiger partial charge in [0, 0.05) is 6.04 Å². The first kappa shape index (κ1) is 15.8. The van der Waals surface area contributed by atoms with Gasteiger partial charge in [-0.3, -0.25) is 5.32 Å². The Bertz CT molecular complexity index is 324. The maximum Gasteiger partial charge on any atom is 0.104 e. The van der Waals surface area contributed by atoms with Crippen LogP contribution >= 0.6 is 0 Å². The smallest absolute Gasteiger partial charge is 0.104 e. The predicted molar refractivity (Wildman–Crippen MR) is 83.5 cm³/mol. The van der Waals surface area contributed by atoms with Crippen LogP contribution in [-0.2, 0) is 0 Å². The number of nitrogens with zero attached hydrogens (tertiary/aromatic N) is 2. The van der Waals surface area contributed by atoms with Gasteiger partial charge in [0.2, 0.25) is 0 Å². The zero-order valence-electron chi connectivity index (χ0n) is 13.3. The molecule has 20 heavy (non-hydrogen) atoms. The van der Waals surface area contributed by atoms with E-state index in [1.807, 2.05) is 0 Å². The van der Waals surface area contributed by atoms with Gasteiger partial charge in [0.15, 0.2) is 0 Å². The third-order valence-electron chi connectivity index (χ3n) is 5.03. The van der Waals surface area contributed by atoms with Crippen LogP contribution in [0.25, 0.3) is 0 Å². The molecular weight excluding hydrogens is 246 g/mol. The minimum atomic E-state index is -0.295. The molecule has 2 aliphatic rings. The molecule has 3 heteroatoms. The summed E-state index contributed by atoms with van der Waals surface area (Å²) in [4.78, 5) is 2.62. The molecule has 2 rings (SSSR count). The SMILES string of the molecule is CCC1CCN(CCCCC(C)(C#N)NC2CC2)CC1. The molecule has 1 unspecified atom stereocenters. The van der Waals surface area contributed by atoms with Crippen molar-refractivity contribution in [1.82, 2.24) is 10.2 Å². The number of nitriles is 1. The molecule has 1 aliphatic carbocycles. The fourth-order valence-corrected chi connectivity index (χ4v) is 3.27. The Balaban J connectivity index is 1.57. The maximum absolute atomic E-state index is 9.34. The van der Waals surface area contributed by atoms with Gasteiger partial charge in [-0.25, -0.2) is 0 Å². The van der Waals surface area contributed by atoms with Crippen molar-refractivity contribution in [2.24, 2.45) is 5.92 Å². The van der Waals surface area contributed by atoms with E-state index >= 15 is 0 Å². The molecular formula is C17H31N3. The Labute approximate surface area is 124 Å². The molecule has 1 saturated carbocycles. The summed E-state index contributed by atoms with van der Waals surface area (Å²) >= 11 is 0. The second kappa shape index (κ2) is 7.43. The van der Waals surface area contributed by atoms with Crippen molar-refractivity contribution in [1.29, 1.82) is 5.26 Å². The first-order chi connectivity index (χ1) is 9.65. The van der Waals surface area contributed by atoms with Crippen molar-refractivity contribution in [3.63, 3.8) is 0 Å². The molecule has 1 atom stereocenters. The van der Waals surface area contributed by atoms with Crippen LogP contribution in [0.5, 0.6) is 0 Å². The summed E-state index contributed by atoms with van der Waals surface area (Å²) in [5.74, 6) is 0.968. The monoisotopic (exact) mass is 277 g/mol. The van der Waals surface area contributed by atoms with Crippen LogP contribution in [0.1, 0.15) is 65.2 Å². The number of unbranched alkanes of at least 4 members (excludes halogenated alkanes) is 1. The Hall–Kier alpha value is -0.590. The summed E-state index contributed by atoms with van der Waals surface area (Å²) in [5, 5.41) is 12.8. The van der Waals surface area contributed by atoms with Gasteiger partial charge in [-0.1, -0.05) is 13.3 Å². The molecule has 0 radical (unpaired) electrons. The molecule has 2 fully saturated rings. The first-order valence-electron chi connectivity index (χ1n) is 8.56. The second-order valence-electron chi connectivity index (χ2n) is 7.01. The van der Waals surface area contributed by atoms with Crippen molar-refractivity contribution in [3.05, 3.63) is 0 Å². The lowest BCUT2D eigenvalue weighted by Gasteiger charge is -2.31. The Morgan fingerprint density at radius 1 is 1.20 bits per heavy atom. The van der Waals surface area contributed by atoms with E-state index in [1.54, 1.807) is 0 Å². The van der Waals surface area contributed by atoms with E-state index in [4.69, 9.17) is 0 Å². The normalized spacial score (nSPS) is 24.2. The molecule has 0 spiro atoms. The van der Waals surface area contributed by atoms with Crippen LogP contribution in [0.2, 0.25) is 0 Å². The van der Waals surface area contributed by atoms with Gasteiger partial charge in [-0.15, -0.1) is 0 Å². The number of hydrogen-bond donors (Lipinski definition) is 1. The summed E-state index contributed by atoms with van der Waals surface area (Å²) in [6, 6.07) is 3.10. The third kappa shape index (κ3) is 5.07. The van der Waals surface area contributed by atoms with Crippen LogP contribution < -0.4 is 5.32 Å². The maximum atomic E-state index is 9.34. The minimum Gasteiger partial charge on any atom is -0.303 e. The highest BCUT2D eigenvalue weighted by Gasteiger charge is 2.31. The van der Waals surface area contributed by atoms with Crippen molar-refractivity contribution in [2.75, 3.05) is 19.6 Å². The van der Waals surface area contributed by atoms with Crippen LogP contribution in [-0.4, -0.2) is 36.1 Å². The zero-order valence-corrected chi connectivity index (χ0v) is 13.3. The average Bonchev–Trinajstić information content (AvgIpc) is 3.28. The topological polar surface area (TPSA) is 39.1 Å². The summed E-state index contributed by atoms with van der Waals surface area (Å²) in [6.07, 6.45) is 10.0. The molecule has 3 nitrogen and oxygen atoms in total. The van der Waals surface area contributed by atoms with Gasteiger partial charge in [0.25, 0.3) is 0 Å². The molecule has 1 N–H and O–H groups in total. The summed E-state index contributed by atoms with van der Waals surface area (Å²) in [6.45, 7) is 8.18. The van der Waals surface area contributed by atoms with Crippen LogP contribution in [0.3, 0.4) is 0 Å². The van der Waals surface area contributed by atoms with Gasteiger partial charge in [0.1, 0.15) is 5.54 Å². The Morgan fingerprint density at radius 3 is 2.45 bits per heavy atom. The average molecular weight is 277 g/mol. The fourth-order valence-electron chi connectivity index (χ4n) is 3.27. The standard InChI is InChI=1S/C17H31N3/c1-3-15-8-12-20(13-9-15)11-5-4-10-17(2,14-18)19-16-6-7-16/h15-16,19H,3-13H2,1-2H3. The van der Waals surface area contributed by atoms with E-state index in [0.717, 1.165) is 18.8 Å². The molecule has 0 bridgehead atoms. The Morgan fingerprint density at radius 2 is 1.90 bits per heavy atom. The van der Waals surface area contributed by atoms with Crippen LogP contribution in [0.4, 0.5) is 0 Å². The molecule has 0 aromatic carbocycles. The number of rotatable bonds is 8. The second-order valence-corrected chi connectivity index (χ2v) is 7.01. The number of nitrogens with one attached hydrogen (secondary N) is 1. The van der Waals surface area contributed by atoms with E-state index in [1.165, 1.54) is 58.2 Å². The van der Waals surface area contributed by atoms with Crippen molar-refractivity contribution >= 4 is 0 Å². The molecule has 1 saturated heterocycles. The molecule has 1 aliphatic heterocycles. The molecule has 0 amide bonds. The van der Waals surface area contributed by atoms with Gasteiger partial charge in [-0.05, 0) is 77.4 Å². The predicted octanol–water partition coefficient (Wildman–Crippen LogP) is 3.31. The highest BCUT2D eigenvalue weighted by Crippen LogP contribution is 2.25. The Kier molecular flexibility index (Phi) is 5.86. The van der Waals surface area contributed by atoms with Gasteiger partial charge < -0.3 is 4.90 Å². The van der Waals surface area contributed by atoms with Gasteiger partial charge >= 0.3 is 0 Å². The minimum absolute atomic E-state index is 0.295. The third-order valence-corrected chi connectivity index (χ3v) is 5.03. The highest BCUT2D eigenvalue weighted by molar-refractivity contribution is 5.06. The summed E-state index contributed by atoms with van der Waals surface area (Å²) < 4.78 is 0. The van der Waals surface area contributed by atoms with E-state index in [2.05, 4.69) is 30.1 Å². The lowest BCUT2D eigenvalue weighted by atomic mass is 9.93. The molecule has 1 heterocycles. The van der Waals surface area contributed by atoms with Crippen LogP contribution in [0.15, 0.2) is 0 Å². The fraction of sp³-hybridized carbons (Fsp3) is 0.941. The van der Waals surface area contributed by atoms with Crippen molar-refractivity contribution in [3.8, 4) is 6.07 Å². The lowest BCUT2D eigenvalue weighted by molar-refractivity contribution is 0.178. The lowest BCUT2D eigenvalue weighted by Crippen LogP contribution is -2.42. The van der Waals surface area contributed by atoms with Crippen LogP contribution in [0, 0.1) is 17.2 Å². The van der Waals surface area contributed by atoms with E-state index < -0.39 is 0 Å². The number of piperidine rings is 1. The van der Waals surface area contributed by atoms with E-state index in [0.29, 0.717) is 6.04 Å². The van der Waals surface area contributed by atoms with Crippen molar-refractivity contribution in [2.45, 2.75) is 76.8 Å². The largest absolute Gasteiger partial charge is 0.303 e. The molecule has 114 valence electrons. The molecule has 0 aromatic heterocycles. The quantitative estimate of drug-likeness (QED) is 0.692. The molecule has 0 aromatic rings. The van der Waals surface area contributed by atoms with E-state index in [9.17, 15) is 5.26 Å². The number of hydrogen-bond acceptors (Lipinski definition) is 3. The van der Waals surface area contributed by atoms with Gasteiger partial charge in [0.05, 0.1) is 6.07 Å². The summed E-state index contributed by atoms with van der Waals surface area (Å²) in [7, 11) is 0. The highest BCUT2D eigenvalue weighted by atomic mass is 15.1. The zero-order chi connectivity index (χ0) is 14.4. The van der Waals surface area contributed by atoms with Crippen molar-refractivity contribution < 1.29 is 0 Å². The summed E-state index contributed by atoms with van der Waals surface area (Å²) in [5.41, 5.74) is -0.295. The first-order valence-corrected chi connectivity index (χ1v) is 8.56. The van der Waals surface area contributed by atoms with E-state index in [-0.39, 0.29) is 5.54 Å². The number of likely N-dealkylation sites (tertiary alicyclic amines) is 1. The van der Waals surface area contributed by atoms with Gasteiger partial charge in [-0.2, -0.15) is 5.26 Å².